The molecule has 0 amide bonds. The molecule has 0 saturated carbocycles. The van der Waals surface area contributed by atoms with Gasteiger partial charge in [-0.15, -0.1) is 0 Å². The van der Waals surface area contributed by atoms with E-state index in [2.05, 4.69) is 0 Å². The minimum absolute atomic E-state index is 0.0385. The van der Waals surface area contributed by atoms with E-state index in [0.717, 1.165) is 5.56 Å². The third kappa shape index (κ3) is 3.56. The van der Waals surface area contributed by atoms with E-state index in [4.69, 9.17) is 9.47 Å². The molecule has 4 heteroatoms. The Morgan fingerprint density at radius 2 is 1.68 bits per heavy atom. The van der Waals surface area contributed by atoms with Gasteiger partial charge < -0.3 is 9.47 Å². The Hall–Kier alpha value is -1.84. The van der Waals surface area contributed by atoms with Crippen molar-refractivity contribution in [3.8, 4) is 11.5 Å². The van der Waals surface area contributed by atoms with E-state index in [1.165, 1.54) is 0 Å². The predicted molar refractivity (Wildman–Crippen MR) is 72.8 cm³/mol. The van der Waals surface area contributed by atoms with Crippen molar-refractivity contribution in [2.24, 2.45) is 5.92 Å². The number of ketones is 2. The largest absolute Gasteiger partial charge is 0.496 e. The summed E-state index contributed by atoms with van der Waals surface area (Å²) in [5.41, 5.74) is 1.59. The molecule has 0 aliphatic carbocycles. The van der Waals surface area contributed by atoms with Crippen LogP contribution in [0.1, 0.15) is 25.0 Å². The van der Waals surface area contributed by atoms with Crippen LogP contribution in [0.25, 0.3) is 0 Å². The first-order valence-electron chi connectivity index (χ1n) is 6.19. The van der Waals surface area contributed by atoms with Crippen LogP contribution >= 0.6 is 0 Å². The summed E-state index contributed by atoms with van der Waals surface area (Å²) in [6.07, 6.45) is 0.0385. The Morgan fingerprint density at radius 3 is 2.16 bits per heavy atom. The zero-order valence-corrected chi connectivity index (χ0v) is 12.1. The molecule has 0 bridgehead atoms. The molecule has 0 aliphatic rings. The van der Waals surface area contributed by atoms with Crippen LogP contribution in [0.2, 0.25) is 0 Å². The average Bonchev–Trinajstić information content (AvgIpc) is 2.38. The minimum atomic E-state index is -0.404. The van der Waals surface area contributed by atoms with Crippen LogP contribution in [-0.4, -0.2) is 25.8 Å². The number of aryl methyl sites for hydroxylation is 1. The van der Waals surface area contributed by atoms with Gasteiger partial charge in [0.25, 0.3) is 0 Å². The third-order valence-corrected chi connectivity index (χ3v) is 2.95. The summed E-state index contributed by atoms with van der Waals surface area (Å²) < 4.78 is 10.5. The second kappa shape index (κ2) is 6.36. The first-order valence-corrected chi connectivity index (χ1v) is 6.19. The van der Waals surface area contributed by atoms with Crippen molar-refractivity contribution in [1.82, 2.24) is 0 Å². The third-order valence-electron chi connectivity index (χ3n) is 2.95. The molecule has 0 heterocycles. The SMILES string of the molecule is COc1cc(CC(=O)C(=O)C(C)C)c(OC)cc1C. The number of carbonyl (C=O) groups excluding carboxylic acids is 2. The van der Waals surface area contributed by atoms with E-state index in [9.17, 15) is 9.59 Å². The zero-order valence-electron chi connectivity index (χ0n) is 12.1. The van der Waals surface area contributed by atoms with Crippen LogP contribution in [0.5, 0.6) is 11.5 Å². The van der Waals surface area contributed by atoms with Gasteiger partial charge in [-0.25, -0.2) is 0 Å². The Morgan fingerprint density at radius 1 is 1.11 bits per heavy atom. The molecule has 0 aliphatic heterocycles. The summed E-state index contributed by atoms with van der Waals surface area (Å²) in [5, 5.41) is 0. The molecule has 0 aromatic heterocycles. The molecule has 1 aromatic rings. The smallest absolute Gasteiger partial charge is 0.203 e. The summed E-state index contributed by atoms with van der Waals surface area (Å²) in [7, 11) is 3.11. The average molecular weight is 264 g/mol. The van der Waals surface area contributed by atoms with E-state index < -0.39 is 5.78 Å². The summed E-state index contributed by atoms with van der Waals surface area (Å²) in [6, 6.07) is 3.56. The summed E-state index contributed by atoms with van der Waals surface area (Å²) in [5.74, 6) is 0.232. The first kappa shape index (κ1) is 15.2. The van der Waals surface area contributed by atoms with Gasteiger partial charge in [-0.05, 0) is 24.6 Å². The van der Waals surface area contributed by atoms with Crippen LogP contribution in [-0.2, 0) is 16.0 Å². The number of methoxy groups -OCH3 is 2. The van der Waals surface area contributed by atoms with Gasteiger partial charge in [-0.1, -0.05) is 13.8 Å². The van der Waals surface area contributed by atoms with Gasteiger partial charge in [0, 0.05) is 17.9 Å². The maximum absolute atomic E-state index is 11.9. The highest BCUT2D eigenvalue weighted by atomic mass is 16.5. The number of carbonyl (C=O) groups is 2. The van der Waals surface area contributed by atoms with Gasteiger partial charge in [0.05, 0.1) is 14.2 Å². The molecule has 0 saturated heterocycles. The molecule has 1 aromatic carbocycles. The number of ether oxygens (including phenoxy) is 2. The number of rotatable bonds is 6. The van der Waals surface area contributed by atoms with Crippen molar-refractivity contribution in [2.75, 3.05) is 14.2 Å². The maximum Gasteiger partial charge on any atom is 0.203 e. The van der Waals surface area contributed by atoms with Crippen LogP contribution in [0, 0.1) is 12.8 Å². The molecule has 19 heavy (non-hydrogen) atoms. The molecule has 0 radical (unpaired) electrons. The van der Waals surface area contributed by atoms with Crippen LogP contribution in [0.4, 0.5) is 0 Å². The summed E-state index contributed by atoms with van der Waals surface area (Å²) in [6.45, 7) is 5.33. The van der Waals surface area contributed by atoms with Crippen molar-refractivity contribution >= 4 is 11.6 Å². The van der Waals surface area contributed by atoms with Crippen LogP contribution in [0.3, 0.4) is 0 Å². The van der Waals surface area contributed by atoms with Crippen LogP contribution < -0.4 is 9.47 Å². The molecule has 4 nitrogen and oxygen atoms in total. The van der Waals surface area contributed by atoms with Crippen molar-refractivity contribution in [2.45, 2.75) is 27.2 Å². The number of benzene rings is 1. The maximum atomic E-state index is 11.9. The normalized spacial score (nSPS) is 10.4. The Labute approximate surface area is 113 Å². The molecule has 1 rings (SSSR count). The summed E-state index contributed by atoms with van der Waals surface area (Å²) >= 11 is 0. The molecular formula is C15H20O4. The highest BCUT2D eigenvalue weighted by Gasteiger charge is 2.20. The van der Waals surface area contributed by atoms with Gasteiger partial charge in [0.2, 0.25) is 11.6 Å². The van der Waals surface area contributed by atoms with Gasteiger partial charge in [0.1, 0.15) is 11.5 Å². The second-order valence-electron chi connectivity index (χ2n) is 4.75. The highest BCUT2D eigenvalue weighted by Crippen LogP contribution is 2.28. The van der Waals surface area contributed by atoms with E-state index in [1.54, 1.807) is 40.2 Å². The monoisotopic (exact) mass is 264 g/mol. The van der Waals surface area contributed by atoms with Crippen LogP contribution in [0.15, 0.2) is 12.1 Å². The molecule has 0 atom stereocenters. The van der Waals surface area contributed by atoms with Gasteiger partial charge >= 0.3 is 0 Å². The minimum Gasteiger partial charge on any atom is -0.496 e. The fourth-order valence-corrected chi connectivity index (χ4v) is 1.83. The molecule has 0 fully saturated rings. The number of hydrogen-bond acceptors (Lipinski definition) is 4. The first-order chi connectivity index (χ1) is 8.90. The highest BCUT2D eigenvalue weighted by molar-refractivity contribution is 6.38. The van der Waals surface area contributed by atoms with Crippen molar-refractivity contribution in [3.63, 3.8) is 0 Å². The quantitative estimate of drug-likeness (QED) is 0.740. The standard InChI is InChI=1S/C15H20O4/c1-9(2)15(17)12(16)7-11-8-13(18-4)10(3)6-14(11)19-5/h6,8-9H,7H2,1-5H3. The lowest BCUT2D eigenvalue weighted by molar-refractivity contribution is -0.138. The summed E-state index contributed by atoms with van der Waals surface area (Å²) in [4.78, 5) is 23.5. The lowest BCUT2D eigenvalue weighted by Crippen LogP contribution is -2.21. The van der Waals surface area contributed by atoms with E-state index >= 15 is 0 Å². The topological polar surface area (TPSA) is 52.6 Å². The van der Waals surface area contributed by atoms with Crippen molar-refractivity contribution in [3.05, 3.63) is 23.3 Å². The zero-order chi connectivity index (χ0) is 14.6. The molecular weight excluding hydrogens is 244 g/mol. The predicted octanol–water partition coefficient (Wildman–Crippen LogP) is 2.35. The van der Waals surface area contributed by atoms with Gasteiger partial charge in [-0.2, -0.15) is 0 Å². The van der Waals surface area contributed by atoms with Gasteiger partial charge in [-0.3, -0.25) is 9.59 Å². The van der Waals surface area contributed by atoms with Gasteiger partial charge in [0.15, 0.2) is 0 Å². The molecule has 104 valence electrons. The second-order valence-corrected chi connectivity index (χ2v) is 4.75. The fraction of sp³-hybridized carbons (Fsp3) is 0.467. The number of Topliss-reactive ketones (excluding diaryl/α,β-unsaturated/α-hetero) is 2. The van der Waals surface area contributed by atoms with E-state index in [1.807, 2.05) is 6.92 Å². The van der Waals surface area contributed by atoms with Crippen molar-refractivity contribution < 1.29 is 19.1 Å². The Balaban J connectivity index is 3.06. The molecule has 0 unspecified atom stereocenters. The van der Waals surface area contributed by atoms with Crippen molar-refractivity contribution in [1.29, 1.82) is 0 Å². The van der Waals surface area contributed by atoms with E-state index in [0.29, 0.717) is 17.1 Å². The lowest BCUT2D eigenvalue weighted by Gasteiger charge is -2.12. The number of hydrogen-bond donors (Lipinski definition) is 0. The van der Waals surface area contributed by atoms with E-state index in [-0.39, 0.29) is 18.1 Å². The Kier molecular flexibility index (Phi) is 5.10. The molecule has 0 N–H and O–H groups in total. The fourth-order valence-electron chi connectivity index (χ4n) is 1.83. The Bertz CT molecular complexity index is 489. The molecule has 0 spiro atoms. The lowest BCUT2D eigenvalue weighted by atomic mass is 9.98.